The van der Waals surface area contributed by atoms with Gasteiger partial charge in [-0.15, -0.1) is 0 Å². The fourth-order valence-electron chi connectivity index (χ4n) is 3.61. The van der Waals surface area contributed by atoms with E-state index in [9.17, 15) is 9.59 Å². The largest absolute Gasteiger partial charge is 0.339 e. The fraction of sp³-hybridized carbons (Fsp3) is 0.391. The fourth-order valence-corrected chi connectivity index (χ4v) is 3.74. The Kier molecular flexibility index (Phi) is 6.09. The maximum absolute atomic E-state index is 12.8. The number of aryl methyl sites for hydroxylation is 1. The van der Waals surface area contributed by atoms with Gasteiger partial charge >= 0.3 is 0 Å². The van der Waals surface area contributed by atoms with Crippen LogP contribution in [0.1, 0.15) is 41.8 Å². The molecule has 1 saturated heterocycles. The summed E-state index contributed by atoms with van der Waals surface area (Å²) in [5.74, 6) is 0.167. The first-order chi connectivity index (χ1) is 13.3. The lowest BCUT2D eigenvalue weighted by atomic mass is 9.81. The maximum atomic E-state index is 12.8. The van der Waals surface area contributed by atoms with Gasteiger partial charge in [-0.2, -0.15) is 0 Å². The first-order valence-electron chi connectivity index (χ1n) is 9.66. The summed E-state index contributed by atoms with van der Waals surface area (Å²) < 4.78 is 0. The first kappa shape index (κ1) is 20.4. The molecule has 1 fully saturated rings. The molecule has 148 valence electrons. The second-order valence-corrected chi connectivity index (χ2v) is 8.55. The second-order valence-electron chi connectivity index (χ2n) is 8.11. The van der Waals surface area contributed by atoms with Crippen LogP contribution in [0.15, 0.2) is 48.5 Å². The van der Waals surface area contributed by atoms with E-state index in [1.54, 1.807) is 0 Å². The Bertz CT molecular complexity index is 853. The zero-order valence-corrected chi connectivity index (χ0v) is 17.5. The van der Waals surface area contributed by atoms with E-state index >= 15 is 0 Å². The van der Waals surface area contributed by atoms with E-state index in [1.807, 2.05) is 65.3 Å². The van der Waals surface area contributed by atoms with Crippen LogP contribution >= 0.6 is 11.6 Å². The lowest BCUT2D eigenvalue weighted by molar-refractivity contribution is -0.133. The minimum Gasteiger partial charge on any atom is -0.339 e. The molecule has 1 aliphatic heterocycles. The van der Waals surface area contributed by atoms with Crippen LogP contribution in [0.3, 0.4) is 0 Å². The van der Waals surface area contributed by atoms with Crippen molar-refractivity contribution in [2.24, 2.45) is 0 Å². The zero-order chi connectivity index (χ0) is 20.3. The van der Waals surface area contributed by atoms with Crippen molar-refractivity contribution in [1.29, 1.82) is 0 Å². The van der Waals surface area contributed by atoms with Gasteiger partial charge in [0.1, 0.15) is 0 Å². The van der Waals surface area contributed by atoms with Crippen molar-refractivity contribution in [1.82, 2.24) is 9.80 Å². The predicted octanol–water partition coefficient (Wildman–Crippen LogP) is 4.30. The van der Waals surface area contributed by atoms with E-state index < -0.39 is 0 Å². The van der Waals surface area contributed by atoms with Crippen LogP contribution in [0, 0.1) is 6.92 Å². The summed E-state index contributed by atoms with van der Waals surface area (Å²) in [4.78, 5) is 29.2. The average Bonchev–Trinajstić information content (AvgIpc) is 2.67. The molecule has 3 rings (SSSR count). The predicted molar refractivity (Wildman–Crippen MR) is 113 cm³/mol. The van der Waals surface area contributed by atoms with Crippen LogP contribution in [-0.4, -0.2) is 47.8 Å². The van der Waals surface area contributed by atoms with Crippen molar-refractivity contribution in [2.75, 3.05) is 26.2 Å². The molecule has 5 heteroatoms. The highest BCUT2D eigenvalue weighted by Crippen LogP contribution is 2.29. The quantitative estimate of drug-likeness (QED) is 0.770. The molecule has 0 unspecified atom stereocenters. The van der Waals surface area contributed by atoms with Gasteiger partial charge in [0.05, 0.1) is 0 Å². The van der Waals surface area contributed by atoms with Crippen molar-refractivity contribution in [2.45, 2.75) is 32.6 Å². The van der Waals surface area contributed by atoms with Gasteiger partial charge in [-0.05, 0) is 42.2 Å². The molecule has 0 atom stereocenters. The van der Waals surface area contributed by atoms with E-state index in [-0.39, 0.29) is 17.2 Å². The summed E-state index contributed by atoms with van der Waals surface area (Å²) in [6.45, 7) is 8.42. The Morgan fingerprint density at radius 1 is 0.964 bits per heavy atom. The molecule has 0 spiro atoms. The third kappa shape index (κ3) is 4.74. The van der Waals surface area contributed by atoms with E-state index in [1.165, 1.54) is 0 Å². The molecule has 0 N–H and O–H groups in total. The SMILES string of the molecule is Cc1cccc(C(=O)N2CCN(C(=O)CC(C)(C)c3ccc(Cl)cc3)CC2)c1. The monoisotopic (exact) mass is 398 g/mol. The Balaban J connectivity index is 1.57. The normalized spacial score (nSPS) is 14.9. The summed E-state index contributed by atoms with van der Waals surface area (Å²) in [6.07, 6.45) is 0.431. The number of amides is 2. The van der Waals surface area contributed by atoms with E-state index in [2.05, 4.69) is 13.8 Å². The Morgan fingerprint density at radius 2 is 1.57 bits per heavy atom. The molecule has 2 amide bonds. The molecule has 1 aliphatic rings. The molecule has 0 aliphatic carbocycles. The standard InChI is InChI=1S/C23H27ClN2O2/c1-17-5-4-6-18(15-17)22(28)26-13-11-25(12-14-26)21(27)16-23(2,3)19-7-9-20(24)10-8-19/h4-10,15H,11-14,16H2,1-3H3. The van der Waals surface area contributed by atoms with Gasteiger partial charge in [0.25, 0.3) is 5.91 Å². The van der Waals surface area contributed by atoms with Gasteiger partial charge in [0.2, 0.25) is 5.91 Å². The highest BCUT2D eigenvalue weighted by Gasteiger charge is 2.30. The van der Waals surface area contributed by atoms with Crippen LogP contribution < -0.4 is 0 Å². The Hall–Kier alpha value is -2.33. The third-order valence-electron chi connectivity index (χ3n) is 5.40. The van der Waals surface area contributed by atoms with Gasteiger partial charge in [-0.1, -0.05) is 55.3 Å². The van der Waals surface area contributed by atoms with E-state index in [0.717, 1.165) is 11.1 Å². The number of benzene rings is 2. The molecular formula is C23H27ClN2O2. The maximum Gasteiger partial charge on any atom is 0.253 e. The average molecular weight is 399 g/mol. The molecule has 2 aromatic carbocycles. The number of hydrogen-bond acceptors (Lipinski definition) is 2. The van der Waals surface area contributed by atoms with Crippen molar-refractivity contribution >= 4 is 23.4 Å². The zero-order valence-electron chi connectivity index (χ0n) is 16.7. The minimum absolute atomic E-state index is 0.0392. The van der Waals surface area contributed by atoms with Crippen molar-refractivity contribution < 1.29 is 9.59 Å². The minimum atomic E-state index is -0.268. The van der Waals surface area contributed by atoms with Crippen LogP contribution in [0.25, 0.3) is 0 Å². The van der Waals surface area contributed by atoms with Crippen LogP contribution in [0.2, 0.25) is 5.02 Å². The van der Waals surface area contributed by atoms with Crippen molar-refractivity contribution in [3.63, 3.8) is 0 Å². The summed E-state index contributed by atoms with van der Waals surface area (Å²) >= 11 is 5.97. The smallest absolute Gasteiger partial charge is 0.253 e. The summed E-state index contributed by atoms with van der Waals surface area (Å²) in [7, 11) is 0. The van der Waals surface area contributed by atoms with Gasteiger partial charge in [0, 0.05) is 43.2 Å². The molecule has 28 heavy (non-hydrogen) atoms. The second kappa shape index (κ2) is 8.36. The van der Waals surface area contributed by atoms with Gasteiger partial charge in [-0.25, -0.2) is 0 Å². The molecule has 0 saturated carbocycles. The number of piperazine rings is 1. The lowest BCUT2D eigenvalue weighted by Gasteiger charge is -2.36. The Labute approximate surface area is 172 Å². The molecule has 0 radical (unpaired) electrons. The molecular weight excluding hydrogens is 372 g/mol. The first-order valence-corrected chi connectivity index (χ1v) is 10.0. The topological polar surface area (TPSA) is 40.6 Å². The third-order valence-corrected chi connectivity index (χ3v) is 5.66. The number of carbonyl (C=O) groups excluding carboxylic acids is 2. The van der Waals surface area contributed by atoms with Gasteiger partial charge < -0.3 is 9.80 Å². The summed E-state index contributed by atoms with van der Waals surface area (Å²) in [5.41, 5.74) is 2.61. The number of nitrogens with zero attached hydrogens (tertiary/aromatic N) is 2. The summed E-state index contributed by atoms with van der Waals surface area (Å²) in [5, 5.41) is 0.695. The van der Waals surface area contributed by atoms with Crippen molar-refractivity contribution in [3.8, 4) is 0 Å². The number of halogens is 1. The van der Waals surface area contributed by atoms with Crippen molar-refractivity contribution in [3.05, 3.63) is 70.2 Å². The van der Waals surface area contributed by atoms with Gasteiger partial charge in [0.15, 0.2) is 0 Å². The lowest BCUT2D eigenvalue weighted by Crippen LogP contribution is -2.51. The Morgan fingerprint density at radius 3 is 2.18 bits per heavy atom. The highest BCUT2D eigenvalue weighted by molar-refractivity contribution is 6.30. The summed E-state index contributed by atoms with van der Waals surface area (Å²) in [6, 6.07) is 15.3. The number of rotatable bonds is 4. The molecule has 0 bridgehead atoms. The van der Waals surface area contributed by atoms with Crippen LogP contribution in [0.4, 0.5) is 0 Å². The highest BCUT2D eigenvalue weighted by atomic mass is 35.5. The van der Waals surface area contributed by atoms with Gasteiger partial charge in [-0.3, -0.25) is 9.59 Å². The van der Waals surface area contributed by atoms with E-state index in [4.69, 9.17) is 11.6 Å². The molecule has 2 aromatic rings. The molecule has 0 aromatic heterocycles. The van der Waals surface area contributed by atoms with Crippen LogP contribution in [0.5, 0.6) is 0 Å². The van der Waals surface area contributed by atoms with Crippen LogP contribution in [-0.2, 0) is 10.2 Å². The molecule has 1 heterocycles. The number of carbonyl (C=O) groups is 2. The molecule has 4 nitrogen and oxygen atoms in total. The number of hydrogen-bond donors (Lipinski definition) is 0. The van der Waals surface area contributed by atoms with E-state index in [0.29, 0.717) is 43.2 Å².